The summed E-state index contributed by atoms with van der Waals surface area (Å²) < 4.78 is 37.7. The maximum atomic E-state index is 12.9. The molecule has 0 saturated carbocycles. The Balaban J connectivity index is 1.43. The van der Waals surface area contributed by atoms with Crippen LogP contribution in [-0.4, -0.2) is 56.5 Å². The highest BCUT2D eigenvalue weighted by atomic mass is 32.2. The van der Waals surface area contributed by atoms with Crippen molar-refractivity contribution in [2.24, 2.45) is 0 Å². The molecule has 7 nitrogen and oxygen atoms in total. The van der Waals surface area contributed by atoms with Gasteiger partial charge in [0.25, 0.3) is 5.91 Å². The topological polar surface area (TPSA) is 76.2 Å². The van der Waals surface area contributed by atoms with Crippen LogP contribution < -0.4 is 9.47 Å². The van der Waals surface area contributed by atoms with Crippen molar-refractivity contribution >= 4 is 15.9 Å². The standard InChI is InChI=1S/C20H22N2O5S/c1-2-15-3-6-17(7-4-15)28(24,25)22-11-9-21(10-12-22)20(23)16-5-8-18-19(13-16)27-14-26-18/h3-8,13H,2,9-12,14H2,1H3. The van der Waals surface area contributed by atoms with Crippen molar-refractivity contribution in [3.8, 4) is 11.5 Å². The van der Waals surface area contributed by atoms with E-state index in [0.29, 0.717) is 35.0 Å². The molecule has 0 aliphatic carbocycles. The van der Waals surface area contributed by atoms with E-state index >= 15 is 0 Å². The van der Waals surface area contributed by atoms with Crippen molar-refractivity contribution in [2.45, 2.75) is 18.2 Å². The first kappa shape index (κ1) is 18.8. The molecule has 2 aromatic carbocycles. The molecule has 8 heteroatoms. The Morgan fingerprint density at radius 1 is 0.964 bits per heavy atom. The lowest BCUT2D eigenvalue weighted by Gasteiger charge is -2.34. The molecule has 2 aromatic rings. The van der Waals surface area contributed by atoms with Crippen molar-refractivity contribution in [3.63, 3.8) is 0 Å². The highest BCUT2D eigenvalue weighted by molar-refractivity contribution is 7.89. The number of ether oxygens (including phenoxy) is 2. The summed E-state index contributed by atoms with van der Waals surface area (Å²) in [5.74, 6) is 1.05. The van der Waals surface area contributed by atoms with E-state index in [1.54, 1.807) is 35.2 Å². The number of rotatable bonds is 4. The molecule has 1 fully saturated rings. The molecule has 1 amide bonds. The molecule has 148 valence electrons. The van der Waals surface area contributed by atoms with Crippen LogP contribution in [0.2, 0.25) is 0 Å². The fourth-order valence-electron chi connectivity index (χ4n) is 3.39. The second-order valence-corrected chi connectivity index (χ2v) is 8.70. The van der Waals surface area contributed by atoms with Crippen LogP contribution in [0, 0.1) is 0 Å². The van der Waals surface area contributed by atoms with E-state index < -0.39 is 10.0 Å². The number of nitrogens with zero attached hydrogens (tertiary/aromatic N) is 2. The Labute approximate surface area is 164 Å². The summed E-state index contributed by atoms with van der Waals surface area (Å²) in [4.78, 5) is 14.7. The third-order valence-corrected chi connectivity index (χ3v) is 7.03. The van der Waals surface area contributed by atoms with Gasteiger partial charge in [-0.15, -0.1) is 0 Å². The highest BCUT2D eigenvalue weighted by Crippen LogP contribution is 2.33. The van der Waals surface area contributed by atoms with Gasteiger partial charge in [-0.1, -0.05) is 19.1 Å². The molecule has 2 aliphatic rings. The minimum absolute atomic E-state index is 0.136. The minimum atomic E-state index is -3.55. The predicted molar refractivity (Wildman–Crippen MR) is 103 cm³/mol. The molecule has 0 N–H and O–H groups in total. The Morgan fingerprint density at radius 2 is 1.64 bits per heavy atom. The lowest BCUT2D eigenvalue weighted by atomic mass is 10.1. The van der Waals surface area contributed by atoms with Crippen LogP contribution in [0.3, 0.4) is 0 Å². The highest BCUT2D eigenvalue weighted by Gasteiger charge is 2.30. The third kappa shape index (κ3) is 3.45. The first-order valence-corrected chi connectivity index (χ1v) is 10.7. The Bertz CT molecular complexity index is 980. The SMILES string of the molecule is CCc1ccc(S(=O)(=O)N2CCN(C(=O)c3ccc4c(c3)OCO4)CC2)cc1. The van der Waals surface area contributed by atoms with Crippen LogP contribution in [0.5, 0.6) is 11.5 Å². The lowest BCUT2D eigenvalue weighted by molar-refractivity contribution is 0.0697. The van der Waals surface area contributed by atoms with Crippen LogP contribution in [0.4, 0.5) is 0 Å². The lowest BCUT2D eigenvalue weighted by Crippen LogP contribution is -2.50. The van der Waals surface area contributed by atoms with Crippen molar-refractivity contribution < 1.29 is 22.7 Å². The van der Waals surface area contributed by atoms with Gasteiger partial charge in [-0.05, 0) is 42.3 Å². The van der Waals surface area contributed by atoms with Gasteiger partial charge in [0.15, 0.2) is 11.5 Å². The zero-order valence-electron chi connectivity index (χ0n) is 15.6. The van der Waals surface area contributed by atoms with Gasteiger partial charge in [0.2, 0.25) is 16.8 Å². The van der Waals surface area contributed by atoms with Crippen LogP contribution in [0.15, 0.2) is 47.4 Å². The third-order valence-electron chi connectivity index (χ3n) is 5.11. The number of fused-ring (bicyclic) bond motifs is 1. The number of carbonyl (C=O) groups excluding carboxylic acids is 1. The number of aryl methyl sites for hydroxylation is 1. The summed E-state index contributed by atoms with van der Waals surface area (Å²) in [6.07, 6.45) is 0.862. The van der Waals surface area contributed by atoms with Crippen molar-refractivity contribution in [1.29, 1.82) is 0 Å². The smallest absolute Gasteiger partial charge is 0.254 e. The zero-order valence-corrected chi connectivity index (χ0v) is 16.4. The molecular weight excluding hydrogens is 380 g/mol. The molecule has 0 spiro atoms. The molecule has 0 atom stereocenters. The van der Waals surface area contributed by atoms with Gasteiger partial charge in [-0.2, -0.15) is 4.31 Å². The van der Waals surface area contributed by atoms with Crippen LogP contribution in [-0.2, 0) is 16.4 Å². The predicted octanol–water partition coefficient (Wildman–Crippen LogP) is 2.12. The van der Waals surface area contributed by atoms with E-state index in [1.807, 2.05) is 19.1 Å². The number of hydrogen-bond donors (Lipinski definition) is 0. The fourth-order valence-corrected chi connectivity index (χ4v) is 4.81. The first-order valence-electron chi connectivity index (χ1n) is 9.27. The fraction of sp³-hybridized carbons (Fsp3) is 0.350. The number of carbonyl (C=O) groups is 1. The van der Waals surface area contributed by atoms with Gasteiger partial charge < -0.3 is 14.4 Å². The maximum Gasteiger partial charge on any atom is 0.254 e. The van der Waals surface area contributed by atoms with E-state index in [2.05, 4.69) is 0 Å². The monoisotopic (exact) mass is 402 g/mol. The average Bonchev–Trinajstić information content (AvgIpc) is 3.21. The molecule has 0 aromatic heterocycles. The van der Waals surface area contributed by atoms with Crippen molar-refractivity contribution in [3.05, 3.63) is 53.6 Å². The number of benzene rings is 2. The summed E-state index contributed by atoms with van der Waals surface area (Å²) in [6.45, 7) is 3.42. The normalized spacial score (nSPS) is 17.0. The largest absolute Gasteiger partial charge is 0.454 e. The van der Waals surface area contributed by atoms with Gasteiger partial charge in [-0.25, -0.2) is 8.42 Å². The summed E-state index contributed by atoms with van der Waals surface area (Å²) in [5.41, 5.74) is 1.61. The quantitative estimate of drug-likeness (QED) is 0.783. The average molecular weight is 402 g/mol. The van der Waals surface area contributed by atoms with Gasteiger partial charge in [0.05, 0.1) is 4.90 Å². The van der Waals surface area contributed by atoms with Gasteiger partial charge >= 0.3 is 0 Å². The second-order valence-electron chi connectivity index (χ2n) is 6.76. The first-order chi connectivity index (χ1) is 13.5. The number of hydrogen-bond acceptors (Lipinski definition) is 5. The van der Waals surface area contributed by atoms with Gasteiger partial charge in [-0.3, -0.25) is 4.79 Å². The zero-order chi connectivity index (χ0) is 19.7. The second kappa shape index (κ2) is 7.44. The Kier molecular flexibility index (Phi) is 4.99. The number of sulfonamides is 1. The Hall–Kier alpha value is -2.58. The van der Waals surface area contributed by atoms with E-state index in [4.69, 9.17) is 9.47 Å². The number of piperazine rings is 1. The maximum absolute atomic E-state index is 12.9. The van der Waals surface area contributed by atoms with E-state index in [9.17, 15) is 13.2 Å². The molecular formula is C20H22N2O5S. The molecule has 0 bridgehead atoms. The van der Waals surface area contributed by atoms with Gasteiger partial charge in [0.1, 0.15) is 0 Å². The molecule has 2 heterocycles. The Morgan fingerprint density at radius 3 is 2.32 bits per heavy atom. The van der Waals surface area contributed by atoms with Crippen LogP contribution in [0.1, 0.15) is 22.8 Å². The molecule has 0 radical (unpaired) electrons. The molecule has 2 aliphatic heterocycles. The summed E-state index contributed by atoms with van der Waals surface area (Å²) >= 11 is 0. The van der Waals surface area contributed by atoms with Crippen LogP contribution >= 0.6 is 0 Å². The van der Waals surface area contributed by atoms with E-state index in [0.717, 1.165) is 12.0 Å². The van der Waals surface area contributed by atoms with Crippen LogP contribution in [0.25, 0.3) is 0 Å². The van der Waals surface area contributed by atoms with E-state index in [1.165, 1.54) is 4.31 Å². The summed E-state index contributed by atoms with van der Waals surface area (Å²) in [6, 6.07) is 12.1. The molecule has 1 saturated heterocycles. The minimum Gasteiger partial charge on any atom is -0.454 e. The number of amides is 1. The van der Waals surface area contributed by atoms with Crippen molar-refractivity contribution in [1.82, 2.24) is 9.21 Å². The summed E-state index contributed by atoms with van der Waals surface area (Å²) in [5, 5.41) is 0. The summed E-state index contributed by atoms with van der Waals surface area (Å²) in [7, 11) is -3.55. The van der Waals surface area contributed by atoms with Crippen molar-refractivity contribution in [2.75, 3.05) is 33.0 Å². The molecule has 4 rings (SSSR count). The molecule has 28 heavy (non-hydrogen) atoms. The molecule has 0 unspecified atom stereocenters. The van der Waals surface area contributed by atoms with E-state index in [-0.39, 0.29) is 25.8 Å². The van der Waals surface area contributed by atoms with Gasteiger partial charge in [0, 0.05) is 31.7 Å².